The molecule has 1 aromatic carbocycles. The number of nitrogen functional groups attached to an aromatic ring is 1. The van der Waals surface area contributed by atoms with Gasteiger partial charge in [-0.3, -0.25) is 0 Å². The number of benzene rings is 1. The second-order valence-electron chi connectivity index (χ2n) is 4.38. The Morgan fingerprint density at radius 3 is 2.67 bits per heavy atom. The Bertz CT molecular complexity index is 683. The molecule has 3 N–H and O–H groups in total. The Balaban J connectivity index is 2.04. The summed E-state index contributed by atoms with van der Waals surface area (Å²) in [7, 11) is 0. The third kappa shape index (κ3) is 1.82. The highest BCUT2D eigenvalue weighted by atomic mass is 14.9. The van der Waals surface area contributed by atoms with E-state index >= 15 is 0 Å². The van der Waals surface area contributed by atoms with Crippen molar-refractivity contribution in [3.05, 3.63) is 53.7 Å². The molecule has 0 aliphatic heterocycles. The van der Waals surface area contributed by atoms with E-state index in [0.29, 0.717) is 5.69 Å². The molecule has 0 atom stereocenters. The monoisotopic (exact) mass is 238 g/mol. The Morgan fingerprint density at radius 1 is 1.17 bits per heavy atom. The van der Waals surface area contributed by atoms with Gasteiger partial charge < -0.3 is 10.7 Å². The van der Waals surface area contributed by atoms with Crippen LogP contribution in [0.5, 0.6) is 0 Å². The number of rotatable bonds is 2. The number of aromatic amines is 1. The first-order valence-electron chi connectivity index (χ1n) is 5.86. The molecular formula is C14H14N4. The van der Waals surface area contributed by atoms with Gasteiger partial charge in [0.25, 0.3) is 0 Å². The second-order valence-corrected chi connectivity index (χ2v) is 4.38. The number of aromatic nitrogens is 3. The SMILES string of the molecule is Cc1[nH]c2ccccc2c1Cc1ncc(N)cn1. The first kappa shape index (κ1) is 10.8. The minimum absolute atomic E-state index is 0.592. The number of nitrogens with zero attached hydrogens (tertiary/aromatic N) is 2. The predicted molar refractivity (Wildman–Crippen MR) is 72.3 cm³/mol. The molecule has 0 aliphatic rings. The normalized spacial score (nSPS) is 10.9. The molecule has 0 amide bonds. The van der Waals surface area contributed by atoms with E-state index in [2.05, 4.69) is 34.0 Å². The minimum Gasteiger partial charge on any atom is -0.396 e. The summed E-state index contributed by atoms with van der Waals surface area (Å²) in [5, 5.41) is 1.23. The first-order valence-corrected chi connectivity index (χ1v) is 5.86. The Labute approximate surface area is 105 Å². The summed E-state index contributed by atoms with van der Waals surface area (Å²) in [4.78, 5) is 11.9. The molecule has 18 heavy (non-hydrogen) atoms. The highest BCUT2D eigenvalue weighted by Gasteiger charge is 2.09. The average Bonchev–Trinajstić information content (AvgIpc) is 2.69. The summed E-state index contributed by atoms with van der Waals surface area (Å²) in [6, 6.07) is 8.27. The third-order valence-electron chi connectivity index (χ3n) is 3.09. The smallest absolute Gasteiger partial charge is 0.132 e. The van der Waals surface area contributed by atoms with Gasteiger partial charge in [-0.25, -0.2) is 9.97 Å². The van der Waals surface area contributed by atoms with Gasteiger partial charge in [0.2, 0.25) is 0 Å². The molecule has 3 rings (SSSR count). The summed E-state index contributed by atoms with van der Waals surface area (Å²) in [5.74, 6) is 0.789. The molecule has 0 spiro atoms. The number of nitrogens with one attached hydrogen (secondary N) is 1. The van der Waals surface area contributed by atoms with Crippen molar-refractivity contribution in [3.8, 4) is 0 Å². The van der Waals surface area contributed by atoms with E-state index < -0.39 is 0 Å². The summed E-state index contributed by atoms with van der Waals surface area (Å²) < 4.78 is 0. The van der Waals surface area contributed by atoms with Crippen molar-refractivity contribution >= 4 is 16.6 Å². The van der Waals surface area contributed by atoms with Crippen LogP contribution in [0.15, 0.2) is 36.7 Å². The van der Waals surface area contributed by atoms with Gasteiger partial charge in [-0.05, 0) is 18.6 Å². The van der Waals surface area contributed by atoms with E-state index in [1.807, 2.05) is 12.1 Å². The highest BCUT2D eigenvalue weighted by Crippen LogP contribution is 2.23. The first-order chi connectivity index (χ1) is 8.74. The molecule has 2 aromatic heterocycles. The largest absolute Gasteiger partial charge is 0.396 e. The molecule has 2 heterocycles. The molecular weight excluding hydrogens is 224 g/mol. The van der Waals surface area contributed by atoms with Crippen molar-refractivity contribution in [2.24, 2.45) is 0 Å². The molecule has 0 saturated heterocycles. The summed E-state index contributed by atoms with van der Waals surface area (Å²) in [6.07, 6.45) is 4.01. The van der Waals surface area contributed by atoms with Gasteiger partial charge in [-0.1, -0.05) is 18.2 Å². The van der Waals surface area contributed by atoms with Crippen LogP contribution < -0.4 is 5.73 Å². The van der Waals surface area contributed by atoms with Gasteiger partial charge in [0, 0.05) is 23.0 Å². The van der Waals surface area contributed by atoms with Crippen LogP contribution in [0, 0.1) is 6.92 Å². The number of hydrogen-bond donors (Lipinski definition) is 2. The van der Waals surface area contributed by atoms with Crippen LogP contribution >= 0.6 is 0 Å². The van der Waals surface area contributed by atoms with Gasteiger partial charge in [-0.15, -0.1) is 0 Å². The second kappa shape index (κ2) is 4.14. The maximum atomic E-state index is 5.59. The maximum absolute atomic E-state index is 5.59. The molecule has 0 fully saturated rings. The Morgan fingerprint density at radius 2 is 1.89 bits per heavy atom. The van der Waals surface area contributed by atoms with Crippen LogP contribution in [0.25, 0.3) is 10.9 Å². The Kier molecular flexibility index (Phi) is 2.48. The fourth-order valence-electron chi connectivity index (χ4n) is 2.18. The minimum atomic E-state index is 0.592. The highest BCUT2D eigenvalue weighted by molar-refractivity contribution is 5.84. The lowest BCUT2D eigenvalue weighted by Crippen LogP contribution is -1.98. The van der Waals surface area contributed by atoms with Crippen molar-refractivity contribution in [2.45, 2.75) is 13.3 Å². The third-order valence-corrected chi connectivity index (χ3v) is 3.09. The lowest BCUT2D eigenvalue weighted by atomic mass is 10.1. The van der Waals surface area contributed by atoms with Crippen molar-refractivity contribution in [2.75, 3.05) is 5.73 Å². The van der Waals surface area contributed by atoms with E-state index in [-0.39, 0.29) is 0 Å². The molecule has 0 bridgehead atoms. The zero-order valence-electron chi connectivity index (χ0n) is 10.1. The lowest BCUT2D eigenvalue weighted by molar-refractivity contribution is 0.966. The van der Waals surface area contributed by atoms with Gasteiger partial charge in [0.15, 0.2) is 0 Å². The fourth-order valence-corrected chi connectivity index (χ4v) is 2.18. The number of anilines is 1. The lowest BCUT2D eigenvalue weighted by Gasteiger charge is -2.01. The van der Waals surface area contributed by atoms with E-state index in [9.17, 15) is 0 Å². The predicted octanol–water partition coefficient (Wildman–Crippen LogP) is 2.44. The van der Waals surface area contributed by atoms with Crippen LogP contribution in [-0.4, -0.2) is 15.0 Å². The van der Waals surface area contributed by atoms with Gasteiger partial charge >= 0.3 is 0 Å². The van der Waals surface area contributed by atoms with Crippen molar-refractivity contribution < 1.29 is 0 Å². The van der Waals surface area contributed by atoms with Crippen LogP contribution in [0.2, 0.25) is 0 Å². The number of H-pyrrole nitrogens is 1. The van der Waals surface area contributed by atoms with E-state index in [1.54, 1.807) is 12.4 Å². The number of hydrogen-bond acceptors (Lipinski definition) is 3. The topological polar surface area (TPSA) is 67.6 Å². The van der Waals surface area contributed by atoms with Gasteiger partial charge in [0.1, 0.15) is 5.82 Å². The number of nitrogens with two attached hydrogens (primary N) is 1. The molecule has 0 unspecified atom stereocenters. The van der Waals surface area contributed by atoms with Crippen LogP contribution in [0.1, 0.15) is 17.1 Å². The quantitative estimate of drug-likeness (QED) is 0.720. The number of fused-ring (bicyclic) bond motifs is 1. The maximum Gasteiger partial charge on any atom is 0.132 e. The Hall–Kier alpha value is -2.36. The molecule has 0 radical (unpaired) electrons. The van der Waals surface area contributed by atoms with Gasteiger partial charge in [0.05, 0.1) is 18.1 Å². The van der Waals surface area contributed by atoms with Crippen molar-refractivity contribution in [1.29, 1.82) is 0 Å². The average molecular weight is 238 g/mol. The summed E-state index contributed by atoms with van der Waals surface area (Å²) >= 11 is 0. The standard InChI is InChI=1S/C14H14N4/c1-9-12(6-14-16-7-10(15)8-17-14)11-4-2-3-5-13(11)18-9/h2-5,7-8,18H,6,15H2,1H3. The zero-order chi connectivity index (χ0) is 12.5. The molecule has 90 valence electrons. The molecule has 3 aromatic rings. The van der Waals surface area contributed by atoms with E-state index in [4.69, 9.17) is 5.73 Å². The molecule has 4 heteroatoms. The van der Waals surface area contributed by atoms with Crippen LogP contribution in [-0.2, 0) is 6.42 Å². The fraction of sp³-hybridized carbons (Fsp3) is 0.143. The summed E-state index contributed by atoms with van der Waals surface area (Å²) in [6.45, 7) is 2.08. The van der Waals surface area contributed by atoms with Gasteiger partial charge in [-0.2, -0.15) is 0 Å². The molecule has 4 nitrogen and oxygen atoms in total. The van der Waals surface area contributed by atoms with E-state index in [1.165, 1.54) is 10.9 Å². The number of para-hydroxylation sites is 1. The molecule has 0 aliphatic carbocycles. The van der Waals surface area contributed by atoms with Crippen molar-refractivity contribution in [1.82, 2.24) is 15.0 Å². The summed E-state index contributed by atoms with van der Waals surface area (Å²) in [5.41, 5.74) is 9.74. The molecule has 0 saturated carbocycles. The zero-order valence-corrected chi connectivity index (χ0v) is 10.1. The van der Waals surface area contributed by atoms with Crippen molar-refractivity contribution in [3.63, 3.8) is 0 Å². The van der Waals surface area contributed by atoms with Crippen LogP contribution in [0.3, 0.4) is 0 Å². The van der Waals surface area contributed by atoms with E-state index in [0.717, 1.165) is 23.5 Å². The number of aryl methyl sites for hydroxylation is 1. The van der Waals surface area contributed by atoms with Crippen LogP contribution in [0.4, 0.5) is 5.69 Å².